The number of hydrogen-bond acceptors (Lipinski definition) is 3. The van der Waals surface area contributed by atoms with Crippen molar-refractivity contribution in [2.24, 2.45) is 16.6 Å². The summed E-state index contributed by atoms with van der Waals surface area (Å²) in [6.45, 7) is 8.00. The van der Waals surface area contributed by atoms with E-state index in [1.807, 2.05) is 11.0 Å². The van der Waals surface area contributed by atoms with Crippen LogP contribution in [0.25, 0.3) is 0 Å². The second-order valence-corrected chi connectivity index (χ2v) is 9.10. The third kappa shape index (κ3) is 7.54. The van der Waals surface area contributed by atoms with Crippen LogP contribution < -0.4 is 10.6 Å². The predicted molar refractivity (Wildman–Crippen MR) is 129 cm³/mol. The summed E-state index contributed by atoms with van der Waals surface area (Å²) in [5, 5.41) is 0. The molecule has 1 heterocycles. The lowest BCUT2D eigenvalue weighted by atomic mass is 10.00. The molecule has 0 bridgehead atoms. The number of rotatable bonds is 14. The van der Waals surface area contributed by atoms with Gasteiger partial charge < -0.3 is 10.6 Å². The average Bonchev–Trinajstić information content (AvgIpc) is 2.83. The number of amides is 1. The Kier molecular flexibility index (Phi) is 11.1. The van der Waals surface area contributed by atoms with E-state index in [1.165, 1.54) is 38.5 Å². The summed E-state index contributed by atoms with van der Waals surface area (Å²) < 4.78 is 0. The first-order chi connectivity index (χ1) is 14.6. The zero-order valence-electron chi connectivity index (χ0n) is 19.5. The van der Waals surface area contributed by atoms with Crippen LogP contribution in [-0.4, -0.2) is 30.8 Å². The molecule has 168 valence electrons. The maximum atomic E-state index is 13.4. The molecule has 0 aromatic heterocycles. The molecule has 30 heavy (non-hydrogen) atoms. The van der Waals surface area contributed by atoms with Gasteiger partial charge in [0.2, 0.25) is 0 Å². The Labute approximate surface area is 184 Å². The van der Waals surface area contributed by atoms with Gasteiger partial charge in [0.15, 0.2) is 0 Å². The maximum absolute atomic E-state index is 13.4. The summed E-state index contributed by atoms with van der Waals surface area (Å²) in [6.07, 6.45) is 12.6. The van der Waals surface area contributed by atoms with Crippen molar-refractivity contribution < 1.29 is 4.79 Å². The van der Waals surface area contributed by atoms with E-state index in [0.29, 0.717) is 12.5 Å². The summed E-state index contributed by atoms with van der Waals surface area (Å²) in [4.78, 5) is 20.5. The van der Waals surface area contributed by atoms with Gasteiger partial charge in [-0.2, -0.15) is 0 Å². The molecular weight excluding hydrogens is 370 g/mol. The van der Waals surface area contributed by atoms with Crippen molar-refractivity contribution in [3.8, 4) is 0 Å². The Hall–Kier alpha value is -1.68. The lowest BCUT2D eigenvalue weighted by Crippen LogP contribution is -2.39. The van der Waals surface area contributed by atoms with Crippen LogP contribution in [0, 0.1) is 5.92 Å². The second-order valence-electron chi connectivity index (χ2n) is 9.10. The third-order valence-corrected chi connectivity index (χ3v) is 5.92. The molecule has 4 nitrogen and oxygen atoms in total. The van der Waals surface area contributed by atoms with Crippen molar-refractivity contribution in [3.05, 3.63) is 29.8 Å². The number of aliphatic imine (C=N–C) groups is 1. The predicted octanol–water partition coefficient (Wildman–Crippen LogP) is 6.12. The molecule has 1 amide bonds. The van der Waals surface area contributed by atoms with E-state index in [-0.39, 0.29) is 11.9 Å². The number of unbranched alkanes of at least 4 members (excludes halogenated alkanes) is 7. The first kappa shape index (κ1) is 24.6. The lowest BCUT2D eigenvalue weighted by molar-refractivity contribution is -0.120. The first-order valence-electron chi connectivity index (χ1n) is 12.3. The van der Waals surface area contributed by atoms with Gasteiger partial charge in [0, 0.05) is 17.8 Å². The van der Waals surface area contributed by atoms with Gasteiger partial charge in [-0.3, -0.25) is 9.79 Å². The SMILES string of the molecule is CCCCCCCCCC1=NC(CC(C)C)C(=O)N(CCCCN)c2ccccc21. The first-order valence-corrected chi connectivity index (χ1v) is 12.3. The van der Waals surface area contributed by atoms with E-state index in [1.54, 1.807) is 0 Å². The summed E-state index contributed by atoms with van der Waals surface area (Å²) in [5.74, 6) is 0.595. The van der Waals surface area contributed by atoms with Gasteiger partial charge in [-0.15, -0.1) is 0 Å². The summed E-state index contributed by atoms with van der Waals surface area (Å²) in [7, 11) is 0. The van der Waals surface area contributed by atoms with Crippen LogP contribution in [0.2, 0.25) is 0 Å². The number of benzodiazepines with no additional fused rings is 1. The van der Waals surface area contributed by atoms with Gasteiger partial charge in [-0.1, -0.05) is 77.5 Å². The van der Waals surface area contributed by atoms with Crippen LogP contribution in [0.1, 0.15) is 97.0 Å². The number of para-hydroxylation sites is 1. The molecule has 0 saturated heterocycles. The molecule has 1 aromatic rings. The molecule has 1 atom stereocenters. The molecule has 0 fully saturated rings. The van der Waals surface area contributed by atoms with Gasteiger partial charge in [0.25, 0.3) is 5.91 Å². The number of anilines is 1. The summed E-state index contributed by atoms with van der Waals surface area (Å²) in [6, 6.07) is 8.08. The third-order valence-electron chi connectivity index (χ3n) is 5.92. The highest BCUT2D eigenvalue weighted by molar-refractivity contribution is 6.12. The van der Waals surface area contributed by atoms with Gasteiger partial charge in [-0.25, -0.2) is 0 Å². The van der Waals surface area contributed by atoms with Crippen LogP contribution in [0.4, 0.5) is 5.69 Å². The number of nitrogens with zero attached hydrogens (tertiary/aromatic N) is 2. The molecule has 1 aromatic carbocycles. The fraction of sp³-hybridized carbons (Fsp3) is 0.692. The van der Waals surface area contributed by atoms with Crippen molar-refractivity contribution >= 4 is 17.3 Å². The number of nitrogens with two attached hydrogens (primary N) is 1. The van der Waals surface area contributed by atoms with E-state index in [9.17, 15) is 4.79 Å². The molecule has 1 aliphatic heterocycles. The summed E-state index contributed by atoms with van der Waals surface area (Å²) >= 11 is 0. The fourth-order valence-electron chi connectivity index (χ4n) is 4.26. The van der Waals surface area contributed by atoms with Gasteiger partial charge in [-0.05, 0) is 50.6 Å². The number of carbonyl (C=O) groups excluding carboxylic acids is 1. The van der Waals surface area contributed by atoms with Crippen LogP contribution in [-0.2, 0) is 4.79 Å². The quantitative estimate of drug-likeness (QED) is 0.374. The maximum Gasteiger partial charge on any atom is 0.251 e. The second kappa shape index (κ2) is 13.6. The average molecular weight is 414 g/mol. The largest absolute Gasteiger partial charge is 0.330 e. The molecule has 2 N–H and O–H groups in total. The minimum Gasteiger partial charge on any atom is -0.330 e. The zero-order valence-corrected chi connectivity index (χ0v) is 19.5. The highest BCUT2D eigenvalue weighted by Gasteiger charge is 2.31. The molecule has 1 unspecified atom stereocenters. The molecule has 0 aliphatic carbocycles. The Bertz CT molecular complexity index is 668. The van der Waals surface area contributed by atoms with Crippen LogP contribution in [0.5, 0.6) is 0 Å². The molecule has 0 radical (unpaired) electrons. The van der Waals surface area contributed by atoms with Crippen molar-refractivity contribution in [1.82, 2.24) is 0 Å². The number of benzene rings is 1. The smallest absolute Gasteiger partial charge is 0.251 e. The molecule has 2 rings (SSSR count). The monoisotopic (exact) mass is 413 g/mol. The number of carbonyl (C=O) groups is 1. The van der Waals surface area contributed by atoms with E-state index in [2.05, 4.69) is 39.0 Å². The van der Waals surface area contributed by atoms with Crippen LogP contribution in [0.3, 0.4) is 0 Å². The van der Waals surface area contributed by atoms with Crippen molar-refractivity contribution in [1.29, 1.82) is 0 Å². The van der Waals surface area contributed by atoms with Crippen LogP contribution >= 0.6 is 0 Å². The molecule has 0 saturated carbocycles. The lowest BCUT2D eigenvalue weighted by Gasteiger charge is -2.25. The Morgan fingerprint density at radius 1 is 1.00 bits per heavy atom. The van der Waals surface area contributed by atoms with Gasteiger partial charge >= 0.3 is 0 Å². The number of fused-ring (bicyclic) bond motifs is 1. The zero-order chi connectivity index (χ0) is 21.8. The molecule has 4 heteroatoms. The van der Waals surface area contributed by atoms with Crippen LogP contribution in [0.15, 0.2) is 29.3 Å². The van der Waals surface area contributed by atoms with Crippen molar-refractivity contribution in [2.75, 3.05) is 18.0 Å². The minimum atomic E-state index is -0.269. The minimum absolute atomic E-state index is 0.155. The van der Waals surface area contributed by atoms with Gasteiger partial charge in [0.1, 0.15) is 6.04 Å². The fourth-order valence-corrected chi connectivity index (χ4v) is 4.26. The molecule has 0 spiro atoms. The normalized spacial score (nSPS) is 16.6. The van der Waals surface area contributed by atoms with E-state index in [4.69, 9.17) is 10.7 Å². The molecular formula is C26H43N3O. The Morgan fingerprint density at radius 3 is 2.40 bits per heavy atom. The van der Waals surface area contributed by atoms with Crippen molar-refractivity contribution in [2.45, 2.75) is 97.4 Å². The standard InChI is InChI=1S/C26H43N3O/c1-4-5-6-7-8-9-10-16-23-22-15-11-12-17-25(22)29(19-14-13-18-27)26(30)24(28-23)20-21(2)3/h11-12,15,17,21,24H,4-10,13-14,16,18-20,27H2,1-3H3. The van der Waals surface area contributed by atoms with E-state index >= 15 is 0 Å². The Balaban J connectivity index is 2.17. The Morgan fingerprint density at radius 2 is 1.70 bits per heavy atom. The summed E-state index contributed by atoms with van der Waals surface area (Å²) in [5.41, 5.74) is 9.01. The van der Waals surface area contributed by atoms with Gasteiger partial charge in [0.05, 0.1) is 5.69 Å². The number of hydrogen-bond donors (Lipinski definition) is 1. The highest BCUT2D eigenvalue weighted by atomic mass is 16.2. The molecule has 1 aliphatic rings. The van der Waals surface area contributed by atoms with Crippen molar-refractivity contribution in [3.63, 3.8) is 0 Å². The highest BCUT2D eigenvalue weighted by Crippen LogP contribution is 2.30. The van der Waals surface area contributed by atoms with E-state index in [0.717, 1.165) is 55.6 Å². The topological polar surface area (TPSA) is 58.7 Å². The van der Waals surface area contributed by atoms with E-state index < -0.39 is 0 Å².